The summed E-state index contributed by atoms with van der Waals surface area (Å²) in [6.07, 6.45) is 4.27. The number of anilines is 1. The highest BCUT2D eigenvalue weighted by Gasteiger charge is 2.24. The lowest BCUT2D eigenvalue weighted by atomic mass is 9.94. The van der Waals surface area contributed by atoms with Gasteiger partial charge in [-0.3, -0.25) is 4.79 Å². The van der Waals surface area contributed by atoms with Gasteiger partial charge in [-0.2, -0.15) is 0 Å². The Bertz CT molecular complexity index is 736. The molecule has 0 saturated carbocycles. The molecule has 1 aromatic heterocycles. The molecular weight excluding hydrogens is 322 g/mol. The van der Waals surface area contributed by atoms with E-state index >= 15 is 0 Å². The van der Waals surface area contributed by atoms with Crippen LogP contribution < -0.4 is 5.32 Å². The van der Waals surface area contributed by atoms with Gasteiger partial charge in [-0.15, -0.1) is 6.58 Å². The Labute approximate surface area is 155 Å². The van der Waals surface area contributed by atoms with Gasteiger partial charge in [0.05, 0.1) is 0 Å². The molecule has 0 radical (unpaired) electrons. The first-order valence-corrected chi connectivity index (χ1v) is 9.31. The fourth-order valence-corrected chi connectivity index (χ4v) is 3.46. The maximum absolute atomic E-state index is 12.7. The van der Waals surface area contributed by atoms with E-state index in [2.05, 4.69) is 29.0 Å². The van der Waals surface area contributed by atoms with Gasteiger partial charge >= 0.3 is 0 Å². The quantitative estimate of drug-likeness (QED) is 0.797. The molecule has 4 heteroatoms. The summed E-state index contributed by atoms with van der Waals surface area (Å²) in [6.45, 7) is 7.49. The smallest absolute Gasteiger partial charge is 0.223 e. The van der Waals surface area contributed by atoms with Crippen LogP contribution in [0.15, 0.2) is 61.2 Å². The lowest BCUT2D eigenvalue weighted by Crippen LogP contribution is -2.42. The molecule has 0 aliphatic carbocycles. The van der Waals surface area contributed by atoms with E-state index in [0.717, 1.165) is 43.0 Å². The van der Waals surface area contributed by atoms with Crippen LogP contribution in [-0.4, -0.2) is 34.9 Å². The van der Waals surface area contributed by atoms with Crippen molar-refractivity contribution in [1.29, 1.82) is 0 Å². The number of piperidine rings is 1. The molecule has 1 N–H and O–H groups in total. The van der Waals surface area contributed by atoms with Crippen molar-refractivity contribution in [2.45, 2.75) is 38.1 Å². The first kappa shape index (κ1) is 18.2. The van der Waals surface area contributed by atoms with E-state index in [1.807, 2.05) is 54.3 Å². The molecule has 1 aliphatic rings. The number of hydrogen-bond acceptors (Lipinski definition) is 3. The van der Waals surface area contributed by atoms with Gasteiger partial charge in [-0.1, -0.05) is 42.5 Å². The predicted molar refractivity (Wildman–Crippen MR) is 106 cm³/mol. The second-order valence-corrected chi connectivity index (χ2v) is 6.92. The van der Waals surface area contributed by atoms with Gasteiger partial charge in [0.25, 0.3) is 0 Å². The number of carbonyl (C=O) groups is 1. The molecule has 2 heterocycles. The largest absolute Gasteiger partial charge is 0.367 e. The molecule has 0 bridgehead atoms. The van der Waals surface area contributed by atoms with Crippen molar-refractivity contribution in [2.75, 3.05) is 18.4 Å². The SMILES string of the molecule is C=CC(CC(=O)N1CCC(Nc2cccc(C)n2)CC1)c1ccccc1. The lowest BCUT2D eigenvalue weighted by molar-refractivity contribution is -0.132. The van der Waals surface area contributed by atoms with E-state index in [1.54, 1.807) is 0 Å². The highest BCUT2D eigenvalue weighted by atomic mass is 16.2. The van der Waals surface area contributed by atoms with Gasteiger partial charge in [0.2, 0.25) is 5.91 Å². The van der Waals surface area contributed by atoms with Crippen LogP contribution in [0.3, 0.4) is 0 Å². The monoisotopic (exact) mass is 349 g/mol. The molecule has 1 fully saturated rings. The molecule has 4 nitrogen and oxygen atoms in total. The number of benzene rings is 1. The van der Waals surface area contributed by atoms with Crippen LogP contribution >= 0.6 is 0 Å². The fourth-order valence-electron chi connectivity index (χ4n) is 3.46. The molecule has 1 aliphatic heterocycles. The van der Waals surface area contributed by atoms with Gasteiger partial charge in [0.1, 0.15) is 5.82 Å². The number of nitrogens with zero attached hydrogens (tertiary/aromatic N) is 2. The summed E-state index contributed by atoms with van der Waals surface area (Å²) in [4.78, 5) is 19.2. The van der Waals surface area contributed by atoms with Crippen molar-refractivity contribution >= 4 is 11.7 Å². The average molecular weight is 349 g/mol. The summed E-state index contributed by atoms with van der Waals surface area (Å²) in [7, 11) is 0. The number of hydrogen-bond donors (Lipinski definition) is 1. The maximum atomic E-state index is 12.7. The lowest BCUT2D eigenvalue weighted by Gasteiger charge is -2.33. The molecule has 3 rings (SSSR count). The minimum Gasteiger partial charge on any atom is -0.367 e. The highest BCUT2D eigenvalue weighted by molar-refractivity contribution is 5.77. The van der Waals surface area contributed by atoms with E-state index in [-0.39, 0.29) is 11.8 Å². The summed E-state index contributed by atoms with van der Waals surface area (Å²) < 4.78 is 0. The van der Waals surface area contributed by atoms with Crippen molar-refractivity contribution in [3.63, 3.8) is 0 Å². The van der Waals surface area contributed by atoms with E-state index in [0.29, 0.717) is 12.5 Å². The van der Waals surface area contributed by atoms with Gasteiger partial charge in [0, 0.05) is 37.2 Å². The first-order valence-electron chi connectivity index (χ1n) is 9.31. The standard InChI is InChI=1S/C22H27N3O/c1-3-18(19-9-5-4-6-10-19)16-22(26)25-14-12-20(13-15-25)24-21-11-7-8-17(2)23-21/h3-11,18,20H,1,12-16H2,2H3,(H,23,24). The molecule has 1 aromatic carbocycles. The molecule has 1 atom stereocenters. The topological polar surface area (TPSA) is 45.2 Å². The van der Waals surface area contributed by atoms with E-state index in [9.17, 15) is 4.79 Å². The predicted octanol–water partition coefficient (Wildman–Crippen LogP) is 4.15. The molecule has 26 heavy (non-hydrogen) atoms. The number of amides is 1. The third-order valence-electron chi connectivity index (χ3n) is 4.99. The Kier molecular flexibility index (Phi) is 6.05. The summed E-state index contributed by atoms with van der Waals surface area (Å²) in [6, 6.07) is 16.5. The number of likely N-dealkylation sites (tertiary alicyclic amines) is 1. The van der Waals surface area contributed by atoms with Crippen LogP contribution in [0, 0.1) is 6.92 Å². The summed E-state index contributed by atoms with van der Waals surface area (Å²) in [5, 5.41) is 3.49. The zero-order chi connectivity index (χ0) is 18.4. The Hall–Kier alpha value is -2.62. The number of rotatable bonds is 6. The number of pyridine rings is 1. The Morgan fingerprint density at radius 3 is 2.62 bits per heavy atom. The summed E-state index contributed by atoms with van der Waals surface area (Å²) >= 11 is 0. The molecule has 1 amide bonds. The normalized spacial score (nSPS) is 16.1. The molecular formula is C22H27N3O. The molecule has 136 valence electrons. The third-order valence-corrected chi connectivity index (χ3v) is 4.99. The van der Waals surface area contributed by atoms with Crippen LogP contribution in [-0.2, 0) is 4.79 Å². The molecule has 1 saturated heterocycles. The molecule has 1 unspecified atom stereocenters. The highest BCUT2D eigenvalue weighted by Crippen LogP contribution is 2.23. The molecule has 2 aromatic rings. The zero-order valence-corrected chi connectivity index (χ0v) is 15.4. The Morgan fingerprint density at radius 2 is 1.96 bits per heavy atom. The second kappa shape index (κ2) is 8.65. The molecule has 0 spiro atoms. The van der Waals surface area contributed by atoms with Gasteiger partial charge in [-0.05, 0) is 37.5 Å². The fraction of sp³-hybridized carbons (Fsp3) is 0.364. The van der Waals surface area contributed by atoms with Crippen LogP contribution in [0.4, 0.5) is 5.82 Å². The van der Waals surface area contributed by atoms with Crippen molar-refractivity contribution in [3.05, 3.63) is 72.4 Å². The second-order valence-electron chi connectivity index (χ2n) is 6.92. The van der Waals surface area contributed by atoms with Crippen LogP contribution in [0.1, 0.15) is 36.4 Å². The van der Waals surface area contributed by atoms with Crippen LogP contribution in [0.2, 0.25) is 0 Å². The number of allylic oxidation sites excluding steroid dienone is 1. The van der Waals surface area contributed by atoms with Crippen molar-refractivity contribution in [1.82, 2.24) is 9.88 Å². The van der Waals surface area contributed by atoms with Gasteiger partial charge in [-0.25, -0.2) is 4.98 Å². The number of nitrogens with one attached hydrogen (secondary N) is 1. The maximum Gasteiger partial charge on any atom is 0.223 e. The number of aromatic nitrogens is 1. The van der Waals surface area contributed by atoms with Crippen molar-refractivity contribution < 1.29 is 4.79 Å². The Balaban J connectivity index is 1.51. The van der Waals surface area contributed by atoms with E-state index in [1.165, 1.54) is 0 Å². The number of aryl methyl sites for hydroxylation is 1. The minimum absolute atomic E-state index is 0.0797. The summed E-state index contributed by atoms with van der Waals surface area (Å²) in [5.74, 6) is 1.22. The third kappa shape index (κ3) is 4.72. The minimum atomic E-state index is 0.0797. The zero-order valence-electron chi connectivity index (χ0n) is 15.4. The van der Waals surface area contributed by atoms with E-state index < -0.39 is 0 Å². The van der Waals surface area contributed by atoms with Crippen LogP contribution in [0.25, 0.3) is 0 Å². The number of carbonyl (C=O) groups excluding carboxylic acids is 1. The van der Waals surface area contributed by atoms with Crippen molar-refractivity contribution in [2.24, 2.45) is 0 Å². The van der Waals surface area contributed by atoms with Crippen molar-refractivity contribution in [3.8, 4) is 0 Å². The van der Waals surface area contributed by atoms with Gasteiger partial charge in [0.15, 0.2) is 0 Å². The van der Waals surface area contributed by atoms with E-state index in [4.69, 9.17) is 0 Å². The average Bonchev–Trinajstić information content (AvgIpc) is 2.67. The Morgan fingerprint density at radius 1 is 1.23 bits per heavy atom. The summed E-state index contributed by atoms with van der Waals surface area (Å²) in [5.41, 5.74) is 2.16. The van der Waals surface area contributed by atoms with Gasteiger partial charge < -0.3 is 10.2 Å². The first-order chi connectivity index (χ1) is 12.7. The van der Waals surface area contributed by atoms with Crippen LogP contribution in [0.5, 0.6) is 0 Å².